The second-order valence-corrected chi connectivity index (χ2v) is 9.81. The van der Waals surface area contributed by atoms with Gasteiger partial charge in [-0.2, -0.15) is 0 Å². The molecule has 1 saturated heterocycles. The van der Waals surface area contributed by atoms with Crippen molar-refractivity contribution >= 4 is 74.5 Å². The van der Waals surface area contributed by atoms with Crippen molar-refractivity contribution in [3.05, 3.63) is 92.4 Å². The molecule has 8 heteroatoms. The third kappa shape index (κ3) is 5.45. The molecule has 1 amide bonds. The number of hydrogen-bond acceptors (Lipinski definition) is 6. The number of carbonyl (C=O) groups excluding carboxylic acids is 2. The number of esters is 1. The summed E-state index contributed by atoms with van der Waals surface area (Å²) in [6.45, 7) is 2.25. The Bertz CT molecular complexity index is 1260. The average molecular weight is 587 g/mol. The van der Waals surface area contributed by atoms with Crippen LogP contribution < -0.4 is 14.4 Å². The average Bonchev–Trinajstić information content (AvgIpc) is 3.08. The van der Waals surface area contributed by atoms with Gasteiger partial charge in [0.15, 0.2) is 15.8 Å². The Labute approximate surface area is 214 Å². The highest BCUT2D eigenvalue weighted by molar-refractivity contribution is 14.1. The van der Waals surface area contributed by atoms with Gasteiger partial charge in [0, 0.05) is 3.57 Å². The molecular weight excluding hydrogens is 569 g/mol. The predicted octanol–water partition coefficient (Wildman–Crippen LogP) is 6.31. The second-order valence-electron chi connectivity index (χ2n) is 6.89. The van der Waals surface area contributed by atoms with Gasteiger partial charge in [0.2, 0.25) is 0 Å². The summed E-state index contributed by atoms with van der Waals surface area (Å²) in [5.41, 5.74) is 1.93. The highest BCUT2D eigenvalue weighted by Gasteiger charge is 2.33. The van der Waals surface area contributed by atoms with E-state index in [9.17, 15) is 9.59 Å². The third-order valence-electron chi connectivity index (χ3n) is 4.64. The summed E-state index contributed by atoms with van der Waals surface area (Å²) >= 11 is 8.82. The quantitative estimate of drug-likeness (QED) is 0.111. The first kappa shape index (κ1) is 23.5. The van der Waals surface area contributed by atoms with Gasteiger partial charge in [-0.1, -0.05) is 54.3 Å². The Kier molecular flexibility index (Phi) is 7.46. The molecule has 1 aliphatic heterocycles. The molecule has 0 aromatic heterocycles. The Hall–Kier alpha value is -2.69. The van der Waals surface area contributed by atoms with Crippen LogP contribution in [-0.4, -0.2) is 22.8 Å². The molecule has 1 aliphatic rings. The fourth-order valence-corrected chi connectivity index (χ4v) is 5.00. The molecule has 0 N–H and O–H groups in total. The molecule has 3 aromatic carbocycles. The minimum absolute atomic E-state index is 0.177. The van der Waals surface area contributed by atoms with E-state index >= 15 is 0 Å². The molecule has 0 spiro atoms. The van der Waals surface area contributed by atoms with E-state index in [1.54, 1.807) is 42.5 Å². The number of rotatable bonds is 6. The van der Waals surface area contributed by atoms with Gasteiger partial charge < -0.3 is 9.47 Å². The number of benzene rings is 3. The van der Waals surface area contributed by atoms with Crippen molar-refractivity contribution in [2.45, 2.75) is 6.92 Å². The number of para-hydroxylation sites is 1. The Balaban J connectivity index is 1.58. The molecule has 5 nitrogen and oxygen atoms in total. The van der Waals surface area contributed by atoms with Crippen LogP contribution in [0.5, 0.6) is 11.5 Å². The molecule has 166 valence electrons. The zero-order valence-electron chi connectivity index (χ0n) is 17.5. The first-order valence-electron chi connectivity index (χ1n) is 10.0. The number of carbonyl (C=O) groups is 2. The summed E-state index contributed by atoms with van der Waals surface area (Å²) < 4.78 is 12.7. The van der Waals surface area contributed by atoms with Gasteiger partial charge >= 0.3 is 5.97 Å². The fraction of sp³-hybridized carbons (Fsp3) is 0.0800. The lowest BCUT2D eigenvalue weighted by Crippen LogP contribution is -2.27. The summed E-state index contributed by atoms with van der Waals surface area (Å²) in [5, 5.41) is 0. The second kappa shape index (κ2) is 10.5. The van der Waals surface area contributed by atoms with E-state index in [2.05, 4.69) is 22.6 Å². The molecule has 33 heavy (non-hydrogen) atoms. The van der Waals surface area contributed by atoms with Gasteiger partial charge in [-0.05, 0) is 83.6 Å². The number of thiocarbonyl (C=S) groups is 1. The molecule has 0 bridgehead atoms. The van der Waals surface area contributed by atoms with E-state index < -0.39 is 5.97 Å². The van der Waals surface area contributed by atoms with Gasteiger partial charge in [0.25, 0.3) is 5.91 Å². The van der Waals surface area contributed by atoms with E-state index in [0.717, 1.165) is 14.8 Å². The lowest BCUT2D eigenvalue weighted by Gasteiger charge is -2.14. The van der Waals surface area contributed by atoms with Crippen molar-refractivity contribution < 1.29 is 19.1 Å². The van der Waals surface area contributed by atoms with Crippen molar-refractivity contribution in [2.24, 2.45) is 0 Å². The van der Waals surface area contributed by atoms with E-state index in [4.69, 9.17) is 21.7 Å². The van der Waals surface area contributed by atoms with E-state index in [-0.39, 0.29) is 5.91 Å². The Morgan fingerprint density at radius 2 is 1.85 bits per heavy atom. The summed E-state index contributed by atoms with van der Waals surface area (Å²) in [7, 11) is 0. The molecule has 0 aliphatic carbocycles. The monoisotopic (exact) mass is 587 g/mol. The molecule has 4 rings (SSSR count). The number of ether oxygens (including phenoxy) is 2. The van der Waals surface area contributed by atoms with Crippen molar-refractivity contribution in [1.29, 1.82) is 0 Å². The number of hydrogen-bond donors (Lipinski definition) is 0. The van der Waals surface area contributed by atoms with E-state index in [0.29, 0.717) is 32.9 Å². The summed E-state index contributed by atoms with van der Waals surface area (Å²) in [4.78, 5) is 27.6. The van der Waals surface area contributed by atoms with Gasteiger partial charge in [0.1, 0.15) is 0 Å². The maximum absolute atomic E-state index is 13.0. The standard InChI is InChI=1S/C25H18INO4S2/c1-2-30-21-13-16(11-12-20(21)31-24(29)17-7-6-8-18(26)15-17)14-22-23(28)27(25(32)33-22)19-9-4-3-5-10-19/h3-15H,2H2,1H3/b22-14-. The van der Waals surface area contributed by atoms with Crippen LogP contribution in [0.1, 0.15) is 22.8 Å². The SMILES string of the molecule is CCOc1cc(/C=C2\SC(=S)N(c3ccccc3)C2=O)ccc1OC(=O)c1cccc(I)c1. The first-order valence-corrected chi connectivity index (χ1v) is 12.3. The maximum Gasteiger partial charge on any atom is 0.343 e. The lowest BCUT2D eigenvalue weighted by atomic mass is 10.1. The number of thioether (sulfide) groups is 1. The number of anilines is 1. The minimum atomic E-state index is -0.467. The minimum Gasteiger partial charge on any atom is -0.490 e. The largest absolute Gasteiger partial charge is 0.490 e. The number of nitrogens with zero attached hydrogens (tertiary/aromatic N) is 1. The van der Waals surface area contributed by atoms with Crippen LogP contribution >= 0.6 is 46.6 Å². The zero-order valence-corrected chi connectivity index (χ0v) is 21.3. The van der Waals surface area contributed by atoms with Crippen LogP contribution in [0.3, 0.4) is 0 Å². The summed E-state index contributed by atoms with van der Waals surface area (Å²) in [6, 6.07) is 21.7. The molecule has 1 fully saturated rings. The molecular formula is C25H18INO4S2. The van der Waals surface area contributed by atoms with E-state index in [1.807, 2.05) is 43.3 Å². The fourth-order valence-electron chi connectivity index (χ4n) is 3.16. The number of amides is 1. The first-order chi connectivity index (χ1) is 16.0. The zero-order chi connectivity index (χ0) is 23.4. The maximum atomic E-state index is 13.0. The topological polar surface area (TPSA) is 55.8 Å². The van der Waals surface area contributed by atoms with Crippen molar-refractivity contribution in [3.8, 4) is 11.5 Å². The van der Waals surface area contributed by atoms with Crippen LogP contribution in [0, 0.1) is 3.57 Å². The van der Waals surface area contributed by atoms with E-state index in [1.165, 1.54) is 16.7 Å². The van der Waals surface area contributed by atoms with Crippen LogP contribution in [0.25, 0.3) is 6.08 Å². The molecule has 1 heterocycles. The molecule has 3 aromatic rings. The lowest BCUT2D eigenvalue weighted by molar-refractivity contribution is -0.113. The number of halogens is 1. The van der Waals surface area contributed by atoms with Gasteiger partial charge in [0.05, 0.1) is 22.8 Å². The molecule has 0 atom stereocenters. The molecule has 0 unspecified atom stereocenters. The van der Waals surface area contributed by atoms with Gasteiger partial charge in [-0.3, -0.25) is 9.69 Å². The smallest absolute Gasteiger partial charge is 0.343 e. The predicted molar refractivity (Wildman–Crippen MR) is 144 cm³/mol. The highest BCUT2D eigenvalue weighted by Crippen LogP contribution is 2.37. The normalized spacial score (nSPS) is 14.6. The van der Waals surface area contributed by atoms with Crippen molar-refractivity contribution in [3.63, 3.8) is 0 Å². The van der Waals surface area contributed by atoms with Crippen LogP contribution in [0.2, 0.25) is 0 Å². The van der Waals surface area contributed by atoms with Crippen molar-refractivity contribution in [2.75, 3.05) is 11.5 Å². The van der Waals surface area contributed by atoms with Crippen LogP contribution in [0.15, 0.2) is 77.7 Å². The van der Waals surface area contributed by atoms with Crippen LogP contribution in [-0.2, 0) is 4.79 Å². The van der Waals surface area contributed by atoms with Gasteiger partial charge in [-0.25, -0.2) is 4.79 Å². The molecule has 0 radical (unpaired) electrons. The van der Waals surface area contributed by atoms with Gasteiger partial charge in [-0.15, -0.1) is 0 Å². The third-order valence-corrected chi connectivity index (χ3v) is 6.61. The highest BCUT2D eigenvalue weighted by atomic mass is 127. The van der Waals surface area contributed by atoms with Crippen molar-refractivity contribution in [1.82, 2.24) is 0 Å². The van der Waals surface area contributed by atoms with Crippen LogP contribution in [0.4, 0.5) is 5.69 Å². The summed E-state index contributed by atoms with van der Waals surface area (Å²) in [5.74, 6) is 0.0905. The summed E-state index contributed by atoms with van der Waals surface area (Å²) in [6.07, 6.45) is 1.76. The Morgan fingerprint density at radius 3 is 2.58 bits per heavy atom. The molecule has 0 saturated carbocycles. The Morgan fingerprint density at radius 1 is 1.06 bits per heavy atom.